The first-order valence-electron chi connectivity index (χ1n) is 6.88. The molecule has 0 atom stereocenters. The molecule has 1 aromatic rings. The van der Waals surface area contributed by atoms with E-state index < -0.39 is 15.6 Å². The van der Waals surface area contributed by atoms with Gasteiger partial charge in [-0.15, -0.1) is 0 Å². The molecule has 1 saturated carbocycles. The summed E-state index contributed by atoms with van der Waals surface area (Å²) in [5.74, 6) is 0.576. The minimum absolute atomic E-state index is 0.176. The van der Waals surface area contributed by atoms with Gasteiger partial charge in [-0.05, 0) is 65.7 Å². The summed E-state index contributed by atoms with van der Waals surface area (Å²) >= 11 is 6.57. The Bertz CT molecular complexity index is 611. The van der Waals surface area contributed by atoms with E-state index in [1.165, 1.54) is 0 Å². The second kappa shape index (κ2) is 6.66. The molecule has 118 valence electrons. The number of sulfonamides is 1. The SMILES string of the molecule is CC1CCC(CO)(NS(=O)(=O)c2cc(Br)ccc2Br)CC1. The van der Waals surface area contributed by atoms with Gasteiger partial charge in [0.15, 0.2) is 0 Å². The van der Waals surface area contributed by atoms with Crippen molar-refractivity contribution >= 4 is 41.9 Å². The van der Waals surface area contributed by atoms with Gasteiger partial charge in [-0.3, -0.25) is 0 Å². The number of aliphatic hydroxyl groups excluding tert-OH is 1. The lowest BCUT2D eigenvalue weighted by molar-refractivity contribution is 0.125. The van der Waals surface area contributed by atoms with Crippen LogP contribution in [0.5, 0.6) is 0 Å². The Labute approximate surface area is 142 Å². The van der Waals surface area contributed by atoms with Crippen LogP contribution in [0.3, 0.4) is 0 Å². The van der Waals surface area contributed by atoms with Crippen molar-refractivity contribution in [2.75, 3.05) is 6.61 Å². The molecule has 2 N–H and O–H groups in total. The van der Waals surface area contributed by atoms with Crippen molar-refractivity contribution in [2.45, 2.75) is 43.0 Å². The maximum Gasteiger partial charge on any atom is 0.242 e. The van der Waals surface area contributed by atoms with Crippen molar-refractivity contribution in [1.82, 2.24) is 4.72 Å². The summed E-state index contributed by atoms with van der Waals surface area (Å²) in [4.78, 5) is 0.184. The second-order valence-electron chi connectivity index (χ2n) is 5.80. The molecule has 0 amide bonds. The smallest absolute Gasteiger partial charge is 0.242 e. The molecule has 1 aliphatic rings. The fourth-order valence-electron chi connectivity index (χ4n) is 2.63. The van der Waals surface area contributed by atoms with Crippen molar-refractivity contribution in [1.29, 1.82) is 0 Å². The van der Waals surface area contributed by atoms with Crippen molar-refractivity contribution in [3.63, 3.8) is 0 Å². The van der Waals surface area contributed by atoms with E-state index in [-0.39, 0.29) is 11.5 Å². The van der Waals surface area contributed by atoms with Crippen molar-refractivity contribution in [3.05, 3.63) is 27.1 Å². The van der Waals surface area contributed by atoms with E-state index in [4.69, 9.17) is 0 Å². The summed E-state index contributed by atoms with van der Waals surface area (Å²) in [5, 5.41) is 9.71. The molecule has 0 radical (unpaired) electrons. The van der Waals surface area contributed by atoms with Gasteiger partial charge in [0, 0.05) is 8.95 Å². The number of aliphatic hydroxyl groups is 1. The van der Waals surface area contributed by atoms with Gasteiger partial charge in [0.1, 0.15) is 0 Å². The Hall–Kier alpha value is 0.0500. The average Bonchev–Trinajstić information content (AvgIpc) is 2.44. The van der Waals surface area contributed by atoms with Crippen LogP contribution in [0.25, 0.3) is 0 Å². The number of nitrogens with one attached hydrogen (secondary N) is 1. The van der Waals surface area contributed by atoms with Crippen molar-refractivity contribution < 1.29 is 13.5 Å². The Morgan fingerprint density at radius 2 is 1.95 bits per heavy atom. The first-order chi connectivity index (χ1) is 9.78. The molecular formula is C14H19Br2NO3S. The molecule has 2 rings (SSSR count). The van der Waals surface area contributed by atoms with Crippen LogP contribution in [-0.4, -0.2) is 25.7 Å². The fourth-order valence-corrected chi connectivity index (χ4v) is 5.58. The summed E-state index contributed by atoms with van der Waals surface area (Å²) in [7, 11) is -3.69. The normalized spacial score (nSPS) is 26.8. The first kappa shape index (κ1) is 17.4. The lowest BCUT2D eigenvalue weighted by Crippen LogP contribution is -2.53. The lowest BCUT2D eigenvalue weighted by atomic mass is 9.78. The topological polar surface area (TPSA) is 66.4 Å². The van der Waals surface area contributed by atoms with Gasteiger partial charge >= 0.3 is 0 Å². The summed E-state index contributed by atoms with van der Waals surface area (Å²) < 4.78 is 29.2. The molecular weight excluding hydrogens is 422 g/mol. The monoisotopic (exact) mass is 439 g/mol. The third-order valence-corrected chi connectivity index (χ3v) is 7.13. The van der Waals surface area contributed by atoms with Crippen LogP contribution in [0.4, 0.5) is 0 Å². The molecule has 7 heteroatoms. The van der Waals surface area contributed by atoms with Crippen LogP contribution < -0.4 is 4.72 Å². The Balaban J connectivity index is 2.29. The molecule has 0 unspecified atom stereocenters. The van der Waals surface area contributed by atoms with Gasteiger partial charge < -0.3 is 5.11 Å². The molecule has 0 heterocycles. The highest BCUT2D eigenvalue weighted by molar-refractivity contribution is 9.11. The van der Waals surface area contributed by atoms with Gasteiger partial charge in [-0.2, -0.15) is 0 Å². The fraction of sp³-hybridized carbons (Fsp3) is 0.571. The lowest BCUT2D eigenvalue weighted by Gasteiger charge is -2.38. The molecule has 4 nitrogen and oxygen atoms in total. The third kappa shape index (κ3) is 4.07. The minimum atomic E-state index is -3.69. The standard InChI is InChI=1S/C14H19Br2NO3S/c1-10-4-6-14(9-18,7-5-10)17-21(19,20)13-8-11(15)2-3-12(13)16/h2-3,8,10,17-18H,4-7,9H2,1H3. The molecule has 0 aromatic heterocycles. The van der Waals surface area contributed by atoms with Gasteiger partial charge in [0.05, 0.1) is 17.0 Å². The number of halogens is 2. The van der Waals surface area contributed by atoms with E-state index >= 15 is 0 Å². The predicted molar refractivity (Wildman–Crippen MR) is 89.6 cm³/mol. The van der Waals surface area contributed by atoms with E-state index in [0.717, 1.165) is 12.8 Å². The quantitative estimate of drug-likeness (QED) is 0.753. The highest BCUT2D eigenvalue weighted by atomic mass is 79.9. The van der Waals surface area contributed by atoms with Crippen molar-refractivity contribution in [3.8, 4) is 0 Å². The maximum absolute atomic E-state index is 12.6. The van der Waals surface area contributed by atoms with E-state index in [2.05, 4.69) is 43.5 Å². The maximum atomic E-state index is 12.6. The molecule has 1 aliphatic carbocycles. The van der Waals surface area contributed by atoms with Crippen LogP contribution in [0.15, 0.2) is 32.0 Å². The summed E-state index contributed by atoms with van der Waals surface area (Å²) in [6.45, 7) is 1.98. The van der Waals surface area contributed by atoms with Gasteiger partial charge in [-0.1, -0.05) is 22.9 Å². The van der Waals surface area contributed by atoms with E-state index in [1.807, 2.05) is 0 Å². The Morgan fingerprint density at radius 3 is 2.52 bits per heavy atom. The van der Waals surface area contributed by atoms with E-state index in [1.54, 1.807) is 18.2 Å². The van der Waals surface area contributed by atoms with E-state index in [9.17, 15) is 13.5 Å². The highest BCUT2D eigenvalue weighted by Crippen LogP contribution is 2.34. The predicted octanol–water partition coefficient (Wildman–Crippen LogP) is 3.43. The zero-order valence-corrected chi connectivity index (χ0v) is 15.8. The number of rotatable bonds is 4. The van der Waals surface area contributed by atoms with Crippen LogP contribution in [0.2, 0.25) is 0 Å². The van der Waals surface area contributed by atoms with Gasteiger partial charge in [0.25, 0.3) is 0 Å². The Kier molecular flexibility index (Phi) is 5.52. The zero-order valence-electron chi connectivity index (χ0n) is 11.8. The summed E-state index contributed by atoms with van der Waals surface area (Å²) in [6, 6.07) is 5.02. The first-order valence-corrected chi connectivity index (χ1v) is 9.95. The molecule has 0 aliphatic heterocycles. The molecule has 0 saturated heterocycles. The van der Waals surface area contributed by atoms with Gasteiger partial charge in [0.2, 0.25) is 10.0 Å². The molecule has 1 aromatic carbocycles. The van der Waals surface area contributed by atoms with Crippen LogP contribution in [0.1, 0.15) is 32.6 Å². The third-order valence-electron chi connectivity index (χ3n) is 4.07. The van der Waals surface area contributed by atoms with Gasteiger partial charge in [-0.25, -0.2) is 13.1 Å². The number of hydrogen-bond donors (Lipinski definition) is 2. The summed E-state index contributed by atoms with van der Waals surface area (Å²) in [5.41, 5.74) is -0.743. The van der Waals surface area contributed by atoms with Crippen molar-refractivity contribution in [2.24, 2.45) is 5.92 Å². The summed E-state index contributed by atoms with van der Waals surface area (Å²) in [6.07, 6.45) is 3.16. The molecule has 0 spiro atoms. The largest absolute Gasteiger partial charge is 0.394 e. The minimum Gasteiger partial charge on any atom is -0.394 e. The second-order valence-corrected chi connectivity index (χ2v) is 9.22. The Morgan fingerprint density at radius 1 is 1.33 bits per heavy atom. The highest BCUT2D eigenvalue weighted by Gasteiger charge is 2.38. The van der Waals surface area contributed by atoms with Crippen LogP contribution in [0, 0.1) is 5.92 Å². The zero-order chi connectivity index (χ0) is 15.7. The number of hydrogen-bond acceptors (Lipinski definition) is 3. The van der Waals surface area contributed by atoms with Crippen LogP contribution in [-0.2, 0) is 10.0 Å². The molecule has 1 fully saturated rings. The van der Waals surface area contributed by atoms with Crippen LogP contribution >= 0.6 is 31.9 Å². The molecule has 21 heavy (non-hydrogen) atoms. The number of benzene rings is 1. The molecule has 0 bridgehead atoms. The average molecular weight is 441 g/mol. The van der Waals surface area contributed by atoms with E-state index in [0.29, 0.717) is 27.7 Å².